The van der Waals surface area contributed by atoms with Crippen molar-refractivity contribution in [3.8, 4) is 0 Å². The highest BCUT2D eigenvalue weighted by atomic mass is 127. The number of guanidine groups is 1. The van der Waals surface area contributed by atoms with Crippen LogP contribution >= 0.6 is 24.0 Å². The van der Waals surface area contributed by atoms with E-state index < -0.39 is 0 Å². The Hall–Kier alpha value is -1.32. The van der Waals surface area contributed by atoms with E-state index in [1.54, 1.807) is 0 Å². The summed E-state index contributed by atoms with van der Waals surface area (Å²) in [5, 5.41) is 7.97. The molecule has 29 heavy (non-hydrogen) atoms. The van der Waals surface area contributed by atoms with Crippen molar-refractivity contribution in [1.29, 1.82) is 0 Å². The minimum absolute atomic E-state index is 0. The molecule has 0 atom stereocenters. The van der Waals surface area contributed by atoms with Crippen molar-refractivity contribution in [2.45, 2.75) is 33.2 Å². The number of piperazine rings is 1. The molecule has 1 aromatic carbocycles. The van der Waals surface area contributed by atoms with E-state index in [0.29, 0.717) is 6.54 Å². The van der Waals surface area contributed by atoms with Crippen LogP contribution in [0.4, 0.5) is 0 Å². The van der Waals surface area contributed by atoms with Gasteiger partial charge >= 0.3 is 0 Å². The molecular formula is C22H36IN5O. The molecule has 0 radical (unpaired) electrons. The predicted molar refractivity (Wildman–Crippen MR) is 132 cm³/mol. The molecule has 1 fully saturated rings. The number of hydrogen-bond donors (Lipinski definition) is 2. The van der Waals surface area contributed by atoms with Crippen LogP contribution in [0.2, 0.25) is 0 Å². The summed E-state index contributed by atoms with van der Waals surface area (Å²) in [4.78, 5) is 9.44. The summed E-state index contributed by atoms with van der Waals surface area (Å²) < 4.78 is 5.97. The number of nitrogens with zero attached hydrogens (tertiary/aromatic N) is 3. The van der Waals surface area contributed by atoms with Gasteiger partial charge in [-0.05, 0) is 38.9 Å². The number of fused-ring (bicyclic) bond motifs is 1. The zero-order chi connectivity index (χ0) is 19.8. The maximum Gasteiger partial charge on any atom is 0.191 e. The third-order valence-electron chi connectivity index (χ3n) is 5.69. The van der Waals surface area contributed by atoms with Gasteiger partial charge in [-0.2, -0.15) is 0 Å². The van der Waals surface area contributed by atoms with E-state index in [1.807, 2.05) is 25.2 Å². The van der Waals surface area contributed by atoms with Crippen LogP contribution in [0.15, 0.2) is 33.7 Å². The second kappa shape index (κ2) is 12.4. The van der Waals surface area contributed by atoms with Crippen LogP contribution in [0.5, 0.6) is 0 Å². The van der Waals surface area contributed by atoms with E-state index >= 15 is 0 Å². The molecule has 2 heterocycles. The van der Waals surface area contributed by atoms with Crippen LogP contribution in [0.25, 0.3) is 11.0 Å². The van der Waals surface area contributed by atoms with E-state index in [1.165, 1.54) is 56.6 Å². The van der Waals surface area contributed by atoms with Gasteiger partial charge < -0.3 is 24.9 Å². The zero-order valence-electron chi connectivity index (χ0n) is 18.0. The Morgan fingerprint density at radius 3 is 2.48 bits per heavy atom. The summed E-state index contributed by atoms with van der Waals surface area (Å²) in [5.74, 6) is 1.80. The van der Waals surface area contributed by atoms with Gasteiger partial charge in [0, 0.05) is 50.7 Å². The van der Waals surface area contributed by atoms with Crippen molar-refractivity contribution in [1.82, 2.24) is 20.4 Å². The van der Waals surface area contributed by atoms with Crippen molar-refractivity contribution in [2.24, 2.45) is 4.99 Å². The number of likely N-dealkylation sites (N-methyl/N-ethyl adjacent to an activating group) is 1. The predicted octanol–water partition coefficient (Wildman–Crippen LogP) is 3.44. The Morgan fingerprint density at radius 1 is 1.07 bits per heavy atom. The van der Waals surface area contributed by atoms with Crippen molar-refractivity contribution >= 4 is 40.9 Å². The highest BCUT2D eigenvalue weighted by Gasteiger charge is 2.14. The first-order valence-electron chi connectivity index (χ1n) is 10.6. The minimum Gasteiger partial charge on any atom is -0.459 e. The Balaban J connectivity index is 0.00000300. The van der Waals surface area contributed by atoms with Gasteiger partial charge in [0.1, 0.15) is 11.3 Å². The molecular weight excluding hydrogens is 477 g/mol. The summed E-state index contributed by atoms with van der Waals surface area (Å²) >= 11 is 0. The Labute approximate surface area is 192 Å². The number of halogens is 1. The highest BCUT2D eigenvalue weighted by Crippen LogP contribution is 2.24. The molecule has 2 N–H and O–H groups in total. The molecule has 0 unspecified atom stereocenters. The van der Waals surface area contributed by atoms with Gasteiger partial charge in [-0.1, -0.05) is 25.1 Å². The SMILES string of the molecule is CCN1CCN(CCCCNC(=NC)NCc2oc3ccccc3c2C)CC1.I. The second-order valence-corrected chi connectivity index (χ2v) is 7.48. The van der Waals surface area contributed by atoms with Crippen LogP contribution in [0.3, 0.4) is 0 Å². The molecule has 1 saturated heterocycles. The van der Waals surface area contributed by atoms with Crippen LogP contribution < -0.4 is 10.6 Å². The zero-order valence-corrected chi connectivity index (χ0v) is 20.4. The summed E-state index contributed by atoms with van der Waals surface area (Å²) in [6, 6.07) is 8.17. The first kappa shape index (κ1) is 24.0. The number of benzene rings is 1. The van der Waals surface area contributed by atoms with Crippen molar-refractivity contribution in [3.63, 3.8) is 0 Å². The second-order valence-electron chi connectivity index (χ2n) is 7.48. The maximum atomic E-state index is 5.97. The quantitative estimate of drug-likeness (QED) is 0.245. The third-order valence-corrected chi connectivity index (χ3v) is 5.69. The maximum absolute atomic E-state index is 5.97. The normalized spacial score (nSPS) is 16.0. The molecule has 0 aliphatic carbocycles. The fraction of sp³-hybridized carbons (Fsp3) is 0.591. The Bertz CT molecular complexity index is 768. The van der Waals surface area contributed by atoms with Gasteiger partial charge in [-0.15, -0.1) is 24.0 Å². The highest BCUT2D eigenvalue weighted by molar-refractivity contribution is 14.0. The minimum atomic E-state index is 0. The fourth-order valence-electron chi connectivity index (χ4n) is 3.77. The smallest absolute Gasteiger partial charge is 0.191 e. The molecule has 7 heteroatoms. The summed E-state index contributed by atoms with van der Waals surface area (Å²) in [7, 11) is 1.81. The van der Waals surface area contributed by atoms with Gasteiger partial charge in [0.15, 0.2) is 5.96 Å². The van der Waals surface area contributed by atoms with E-state index in [2.05, 4.69) is 45.3 Å². The molecule has 1 aliphatic rings. The lowest BCUT2D eigenvalue weighted by atomic mass is 10.1. The monoisotopic (exact) mass is 513 g/mol. The molecule has 1 aliphatic heterocycles. The molecule has 0 amide bonds. The van der Waals surface area contributed by atoms with Gasteiger partial charge in [-0.3, -0.25) is 4.99 Å². The van der Waals surface area contributed by atoms with Gasteiger partial charge in [-0.25, -0.2) is 0 Å². The number of nitrogens with one attached hydrogen (secondary N) is 2. The van der Waals surface area contributed by atoms with Gasteiger partial charge in [0.05, 0.1) is 6.54 Å². The topological polar surface area (TPSA) is 56.0 Å². The molecule has 162 valence electrons. The number of rotatable bonds is 8. The standard InChI is InChI=1S/C22H35N5O.HI/c1-4-26-13-15-27(16-14-26)12-8-7-11-24-22(23-3)25-17-21-18(2)19-9-5-6-10-20(19)28-21;/h5-6,9-10H,4,7-8,11-17H2,1-3H3,(H2,23,24,25);1H. The van der Waals surface area contributed by atoms with Crippen molar-refractivity contribution < 1.29 is 4.42 Å². The van der Waals surface area contributed by atoms with Crippen molar-refractivity contribution in [3.05, 3.63) is 35.6 Å². The molecule has 0 spiro atoms. The number of hydrogen-bond acceptors (Lipinski definition) is 4. The molecule has 0 bridgehead atoms. The summed E-state index contributed by atoms with van der Waals surface area (Å²) in [5.41, 5.74) is 2.14. The Kier molecular flexibility index (Phi) is 10.2. The number of para-hydroxylation sites is 1. The van der Waals surface area contributed by atoms with E-state index in [-0.39, 0.29) is 24.0 Å². The average molecular weight is 513 g/mol. The first-order valence-corrected chi connectivity index (χ1v) is 10.6. The molecule has 6 nitrogen and oxygen atoms in total. The molecule has 1 aromatic heterocycles. The van der Waals surface area contributed by atoms with E-state index in [9.17, 15) is 0 Å². The fourth-order valence-corrected chi connectivity index (χ4v) is 3.77. The van der Waals surface area contributed by atoms with Crippen LogP contribution in [0.1, 0.15) is 31.1 Å². The largest absolute Gasteiger partial charge is 0.459 e. The number of unbranched alkanes of at least 4 members (excludes halogenated alkanes) is 1. The lowest BCUT2D eigenvalue weighted by Crippen LogP contribution is -2.46. The van der Waals surface area contributed by atoms with Crippen LogP contribution in [-0.2, 0) is 6.54 Å². The lowest BCUT2D eigenvalue weighted by molar-refractivity contribution is 0.136. The molecule has 2 aromatic rings. The lowest BCUT2D eigenvalue weighted by Gasteiger charge is -2.34. The first-order chi connectivity index (χ1) is 13.7. The summed E-state index contributed by atoms with van der Waals surface area (Å²) in [6.45, 7) is 13.2. The third kappa shape index (κ3) is 6.86. The van der Waals surface area contributed by atoms with E-state index in [4.69, 9.17) is 4.42 Å². The van der Waals surface area contributed by atoms with Crippen LogP contribution in [0, 0.1) is 6.92 Å². The van der Waals surface area contributed by atoms with Gasteiger partial charge in [0.2, 0.25) is 0 Å². The van der Waals surface area contributed by atoms with Crippen LogP contribution in [-0.4, -0.2) is 68.6 Å². The van der Waals surface area contributed by atoms with Gasteiger partial charge in [0.25, 0.3) is 0 Å². The van der Waals surface area contributed by atoms with Crippen molar-refractivity contribution in [2.75, 3.05) is 52.9 Å². The number of aryl methyl sites for hydroxylation is 1. The van der Waals surface area contributed by atoms with E-state index in [0.717, 1.165) is 30.3 Å². The summed E-state index contributed by atoms with van der Waals surface area (Å²) in [6.07, 6.45) is 2.37. The molecule has 3 rings (SSSR count). The average Bonchev–Trinajstić information content (AvgIpc) is 3.06. The number of aliphatic imine (C=N–C) groups is 1. The number of furan rings is 1. The Morgan fingerprint density at radius 2 is 1.79 bits per heavy atom. The molecule has 0 saturated carbocycles.